The van der Waals surface area contributed by atoms with Gasteiger partial charge in [-0.15, -0.1) is 0 Å². The van der Waals surface area contributed by atoms with Gasteiger partial charge in [-0.2, -0.15) is 0 Å². The Morgan fingerprint density at radius 3 is 1.45 bits per heavy atom. The molecule has 0 amide bonds. The molecule has 0 fully saturated rings. The molecular weight excluding hydrogens is 673 g/mol. The highest BCUT2D eigenvalue weighted by atomic mass is 14.4. The maximum absolute atomic E-state index is 4.60. The molecule has 0 heteroatoms. The summed E-state index contributed by atoms with van der Waals surface area (Å²) >= 11 is 0. The molecule has 0 aromatic heterocycles. The van der Waals surface area contributed by atoms with Gasteiger partial charge in [0.15, 0.2) is 0 Å². The first-order chi connectivity index (χ1) is 27.6. The van der Waals surface area contributed by atoms with Crippen LogP contribution in [0, 0.1) is 0 Å². The van der Waals surface area contributed by atoms with Gasteiger partial charge in [-0.25, -0.2) is 0 Å². The Kier molecular flexibility index (Phi) is 6.96. The molecule has 260 valence electrons. The van der Waals surface area contributed by atoms with Gasteiger partial charge in [-0.3, -0.25) is 0 Å². The first-order valence-electron chi connectivity index (χ1n) is 19.2. The van der Waals surface area contributed by atoms with Crippen LogP contribution in [0.15, 0.2) is 178 Å². The minimum atomic E-state index is 1.06. The molecule has 0 radical (unpaired) electrons. The van der Waals surface area contributed by atoms with E-state index in [0.717, 1.165) is 22.3 Å². The van der Waals surface area contributed by atoms with Crippen molar-refractivity contribution in [3.63, 3.8) is 0 Å². The molecule has 0 spiro atoms. The van der Waals surface area contributed by atoms with E-state index >= 15 is 0 Å². The van der Waals surface area contributed by atoms with Gasteiger partial charge in [-0.1, -0.05) is 184 Å². The molecule has 0 N–H and O–H groups in total. The summed E-state index contributed by atoms with van der Waals surface area (Å²) in [6.07, 6.45) is 6.07. The summed E-state index contributed by atoms with van der Waals surface area (Å²) in [6, 6.07) is 55.4. The molecule has 2 aliphatic rings. The van der Waals surface area contributed by atoms with Crippen LogP contribution in [0.5, 0.6) is 0 Å². The molecule has 0 atom stereocenters. The van der Waals surface area contributed by atoms with Crippen LogP contribution in [0.2, 0.25) is 0 Å². The Hall–Kier alpha value is -7.28. The fourth-order valence-corrected chi connectivity index (χ4v) is 9.98. The second kappa shape index (κ2) is 12.1. The molecular formula is C56H36. The smallest absolute Gasteiger partial charge is 0.000741 e. The summed E-state index contributed by atoms with van der Waals surface area (Å²) in [7, 11) is 0. The number of rotatable bonds is 6. The zero-order valence-corrected chi connectivity index (χ0v) is 31.0. The van der Waals surface area contributed by atoms with Crippen LogP contribution < -0.4 is 0 Å². The van der Waals surface area contributed by atoms with Crippen molar-refractivity contribution in [2.45, 2.75) is 0 Å². The topological polar surface area (TPSA) is 0 Å². The van der Waals surface area contributed by atoms with Crippen molar-refractivity contribution in [1.29, 1.82) is 0 Å². The van der Waals surface area contributed by atoms with Gasteiger partial charge < -0.3 is 0 Å². The molecule has 0 saturated carbocycles. The minimum absolute atomic E-state index is 1.06. The molecule has 0 heterocycles. The summed E-state index contributed by atoms with van der Waals surface area (Å²) in [5.74, 6) is 0. The van der Waals surface area contributed by atoms with Crippen molar-refractivity contribution in [3.05, 3.63) is 206 Å². The van der Waals surface area contributed by atoms with Crippen molar-refractivity contribution in [3.8, 4) is 66.8 Å². The third-order valence-electron chi connectivity index (χ3n) is 12.2. The average Bonchev–Trinajstić information content (AvgIpc) is 3.74. The lowest BCUT2D eigenvalue weighted by Gasteiger charge is -2.22. The molecule has 11 rings (SSSR count). The van der Waals surface area contributed by atoms with Crippen molar-refractivity contribution in [1.82, 2.24) is 0 Å². The highest BCUT2D eigenvalue weighted by molar-refractivity contribution is 6.27. The number of hydrogen-bond donors (Lipinski definition) is 0. The molecule has 2 aliphatic carbocycles. The molecule has 0 unspecified atom stereocenters. The Balaban J connectivity index is 1.25. The van der Waals surface area contributed by atoms with Gasteiger partial charge in [-0.05, 0) is 145 Å². The summed E-state index contributed by atoms with van der Waals surface area (Å²) in [5, 5.41) is 7.39. The summed E-state index contributed by atoms with van der Waals surface area (Å²) in [5.41, 5.74) is 21.4. The van der Waals surface area contributed by atoms with E-state index in [1.807, 2.05) is 18.2 Å². The maximum atomic E-state index is 4.60. The second-order valence-electron chi connectivity index (χ2n) is 14.9. The monoisotopic (exact) mass is 708 g/mol. The minimum Gasteiger partial charge on any atom is -0.0984 e. The molecule has 0 bridgehead atoms. The number of hydrogen-bond acceptors (Lipinski definition) is 0. The predicted molar refractivity (Wildman–Crippen MR) is 244 cm³/mol. The first-order valence-corrected chi connectivity index (χ1v) is 19.2. The van der Waals surface area contributed by atoms with Gasteiger partial charge in [0.25, 0.3) is 0 Å². The molecule has 0 aliphatic heterocycles. The van der Waals surface area contributed by atoms with E-state index in [4.69, 9.17) is 0 Å². The zero-order chi connectivity index (χ0) is 37.7. The lowest BCUT2D eigenvalue weighted by atomic mass is 9.80. The van der Waals surface area contributed by atoms with Gasteiger partial charge in [0.1, 0.15) is 0 Å². The second-order valence-corrected chi connectivity index (χ2v) is 14.9. The van der Waals surface area contributed by atoms with E-state index in [1.54, 1.807) is 0 Å². The Bertz CT molecular complexity index is 3140. The van der Waals surface area contributed by atoms with E-state index in [2.05, 4.69) is 178 Å². The van der Waals surface area contributed by atoms with Crippen molar-refractivity contribution in [2.75, 3.05) is 0 Å². The number of fused-ring (bicyclic) bond motifs is 9. The van der Waals surface area contributed by atoms with E-state index in [9.17, 15) is 0 Å². The molecule has 56 heavy (non-hydrogen) atoms. The van der Waals surface area contributed by atoms with E-state index in [0.29, 0.717) is 0 Å². The highest BCUT2D eigenvalue weighted by Crippen LogP contribution is 2.59. The molecule has 9 aromatic rings. The van der Waals surface area contributed by atoms with Gasteiger partial charge >= 0.3 is 0 Å². The van der Waals surface area contributed by atoms with Crippen LogP contribution in [-0.4, -0.2) is 0 Å². The van der Waals surface area contributed by atoms with E-state index in [-0.39, 0.29) is 0 Å². The normalized spacial score (nSPS) is 12.2. The fraction of sp³-hybridized carbons (Fsp3) is 0. The summed E-state index contributed by atoms with van der Waals surface area (Å²) in [4.78, 5) is 0. The van der Waals surface area contributed by atoms with Crippen LogP contribution in [0.3, 0.4) is 0 Å². The van der Waals surface area contributed by atoms with Crippen LogP contribution in [-0.2, 0) is 0 Å². The van der Waals surface area contributed by atoms with Crippen molar-refractivity contribution in [2.24, 2.45) is 0 Å². The standard InChI is InChI=1S/C56H36/c1-5-36-37(6-2)53(35-21-12-9-13-22-35)56-46-30-29-43(44-27-18-28-45(54(44)46)55(56)52(36)34-19-10-8-11-20-34)48-31-47-38(7-3)51-33(4)39-23-14-15-24-40(39)50(51)32-49(47)42-26-17-16-25-41(42)48/h5-32H,1-4H2. The highest BCUT2D eigenvalue weighted by Gasteiger charge is 2.33. The molecule has 9 aromatic carbocycles. The van der Waals surface area contributed by atoms with Crippen LogP contribution in [0.1, 0.15) is 27.8 Å². The lowest BCUT2D eigenvalue weighted by molar-refractivity contribution is 1.54. The Labute approximate surface area is 327 Å². The Morgan fingerprint density at radius 2 is 0.804 bits per heavy atom. The van der Waals surface area contributed by atoms with Crippen molar-refractivity contribution >= 4 is 56.1 Å². The Morgan fingerprint density at radius 1 is 0.304 bits per heavy atom. The SMILES string of the molecule is C=Cc1c(C=C)c(-c2ccccc2)c2c(c1-c1ccccc1)-c1cccc3c(-c4cc5c(C=C)c6c(cc5c5ccccc45)-c4ccccc4C6=C)ccc-2c13. The predicted octanol–water partition coefficient (Wildman–Crippen LogP) is 15.8. The maximum Gasteiger partial charge on any atom is -0.000741 e. The van der Waals surface area contributed by atoms with Crippen LogP contribution in [0.25, 0.3) is 123 Å². The van der Waals surface area contributed by atoms with Gasteiger partial charge in [0, 0.05) is 0 Å². The largest absolute Gasteiger partial charge is 0.0984 e. The first kappa shape index (κ1) is 32.2. The third kappa shape index (κ3) is 4.24. The average molecular weight is 709 g/mol. The lowest BCUT2D eigenvalue weighted by Crippen LogP contribution is -1.98. The van der Waals surface area contributed by atoms with E-state index in [1.165, 1.54) is 110 Å². The number of benzene rings is 9. The summed E-state index contributed by atoms with van der Waals surface area (Å²) in [6.45, 7) is 17.8. The van der Waals surface area contributed by atoms with Gasteiger partial charge in [0.2, 0.25) is 0 Å². The van der Waals surface area contributed by atoms with Crippen LogP contribution >= 0.6 is 0 Å². The fourth-order valence-electron chi connectivity index (χ4n) is 9.98. The molecule has 0 saturated heterocycles. The quantitative estimate of drug-likeness (QED) is 0.151. The van der Waals surface area contributed by atoms with Crippen LogP contribution in [0.4, 0.5) is 0 Å². The molecule has 0 nitrogen and oxygen atoms in total. The van der Waals surface area contributed by atoms with Gasteiger partial charge in [0.05, 0.1) is 0 Å². The zero-order valence-electron chi connectivity index (χ0n) is 31.0. The van der Waals surface area contributed by atoms with Crippen molar-refractivity contribution < 1.29 is 0 Å². The summed E-state index contributed by atoms with van der Waals surface area (Å²) < 4.78 is 0. The van der Waals surface area contributed by atoms with E-state index < -0.39 is 0 Å². The third-order valence-corrected chi connectivity index (χ3v) is 12.2.